The van der Waals surface area contributed by atoms with Crippen molar-refractivity contribution in [2.75, 3.05) is 0 Å². The molecule has 0 aliphatic carbocycles. The molecule has 0 spiro atoms. The van der Waals surface area contributed by atoms with E-state index in [2.05, 4.69) is 47.0 Å². The number of benzene rings is 1. The Bertz CT molecular complexity index is 1400. The fourth-order valence-corrected chi connectivity index (χ4v) is 3.75. The molecule has 8 aromatic rings. The lowest BCUT2D eigenvalue weighted by Gasteiger charge is -1.91. The molecule has 7 heterocycles. The van der Waals surface area contributed by atoms with E-state index in [-0.39, 0.29) is 0 Å². The van der Waals surface area contributed by atoms with Gasteiger partial charge in [0.05, 0.1) is 22.7 Å². The van der Waals surface area contributed by atoms with E-state index in [0.717, 1.165) is 33.0 Å². The van der Waals surface area contributed by atoms with Gasteiger partial charge in [-0.25, -0.2) is 9.97 Å². The standard InChI is InChI=1S/C9H7N.3C8H6N2/c1-2-4-9-7-10-6-5-8(9)3-1;1-3-7-8(9-5-1)4-2-6-10-7;1-3-7-4-2-6-10-8(7)9-5-1;1-2-7-3-5-9-6-8(7)10-4-1/h1-7H;3*1-6H. The predicted octanol–water partition coefficient (Wildman–Crippen LogP) is 7.12. The van der Waals surface area contributed by atoms with E-state index in [1.807, 2.05) is 97.3 Å². The van der Waals surface area contributed by atoms with E-state index < -0.39 is 0 Å². The molecular formula is C33H25N7. The van der Waals surface area contributed by atoms with Crippen LogP contribution in [0.15, 0.2) is 153 Å². The summed E-state index contributed by atoms with van der Waals surface area (Å²) in [5, 5.41) is 4.67. The van der Waals surface area contributed by atoms with Crippen LogP contribution in [0.25, 0.3) is 43.7 Å². The van der Waals surface area contributed by atoms with Crippen LogP contribution in [0.3, 0.4) is 0 Å². The van der Waals surface area contributed by atoms with Gasteiger partial charge in [-0.05, 0) is 77.5 Å². The van der Waals surface area contributed by atoms with Gasteiger partial charge in [-0.1, -0.05) is 30.3 Å². The van der Waals surface area contributed by atoms with Crippen molar-refractivity contribution in [2.24, 2.45) is 0 Å². The van der Waals surface area contributed by atoms with Gasteiger partial charge in [0.25, 0.3) is 0 Å². The first-order chi connectivity index (χ1) is 19.9. The van der Waals surface area contributed by atoms with Crippen molar-refractivity contribution in [1.29, 1.82) is 0 Å². The van der Waals surface area contributed by atoms with Crippen LogP contribution in [0.4, 0.5) is 0 Å². The summed E-state index contributed by atoms with van der Waals surface area (Å²) in [6, 6.07) is 31.5. The molecule has 0 unspecified atom stereocenters. The zero-order chi connectivity index (χ0) is 27.2. The van der Waals surface area contributed by atoms with E-state index in [1.165, 1.54) is 10.8 Å². The molecule has 1 aromatic carbocycles. The normalized spacial score (nSPS) is 10.0. The molecule has 192 valence electrons. The number of pyridine rings is 7. The first-order valence-corrected chi connectivity index (χ1v) is 12.6. The fraction of sp³-hybridized carbons (Fsp3) is 0. The Morgan fingerprint density at radius 2 is 0.775 bits per heavy atom. The Labute approximate surface area is 231 Å². The number of nitrogens with zero attached hydrogens (tertiary/aromatic N) is 7. The monoisotopic (exact) mass is 519 g/mol. The summed E-state index contributed by atoms with van der Waals surface area (Å²) in [5.74, 6) is 0. The lowest BCUT2D eigenvalue weighted by Crippen LogP contribution is -1.78. The molecule has 0 saturated heterocycles. The number of rotatable bonds is 0. The van der Waals surface area contributed by atoms with Gasteiger partial charge in [0.1, 0.15) is 0 Å². The van der Waals surface area contributed by atoms with Crippen LogP contribution in [-0.2, 0) is 0 Å². The van der Waals surface area contributed by atoms with E-state index in [1.54, 1.807) is 43.4 Å². The third-order valence-electron chi connectivity index (χ3n) is 5.70. The minimum atomic E-state index is 0.810. The predicted molar refractivity (Wildman–Crippen MR) is 160 cm³/mol. The highest BCUT2D eigenvalue weighted by Crippen LogP contribution is 2.10. The Hall–Kier alpha value is -5.69. The first kappa shape index (κ1) is 25.9. The van der Waals surface area contributed by atoms with Gasteiger partial charge in [0, 0.05) is 60.3 Å². The molecule has 0 aliphatic rings. The van der Waals surface area contributed by atoms with Crippen LogP contribution in [0, 0.1) is 0 Å². The van der Waals surface area contributed by atoms with Crippen LogP contribution in [0.2, 0.25) is 0 Å². The van der Waals surface area contributed by atoms with Crippen LogP contribution in [-0.4, -0.2) is 34.9 Å². The maximum Gasteiger partial charge on any atom is 0.159 e. The van der Waals surface area contributed by atoms with Gasteiger partial charge in [0.15, 0.2) is 5.65 Å². The first-order valence-electron chi connectivity index (χ1n) is 12.6. The molecule has 0 fully saturated rings. The molecule has 7 nitrogen and oxygen atoms in total. The number of fused-ring (bicyclic) bond motifs is 4. The van der Waals surface area contributed by atoms with Crippen molar-refractivity contribution in [2.45, 2.75) is 0 Å². The molecular weight excluding hydrogens is 494 g/mol. The van der Waals surface area contributed by atoms with Gasteiger partial charge in [0.2, 0.25) is 0 Å². The SMILES string of the molecule is c1ccc2cnccc2c1.c1cnc2cccnc2c1.c1cnc2cnccc2c1.c1cnc2ncccc2c1. The minimum absolute atomic E-state index is 0.810. The zero-order valence-corrected chi connectivity index (χ0v) is 21.6. The second-order valence-electron chi connectivity index (χ2n) is 8.39. The maximum atomic E-state index is 4.12. The Morgan fingerprint density at radius 3 is 1.38 bits per heavy atom. The lowest BCUT2D eigenvalue weighted by molar-refractivity contribution is 1.29. The Morgan fingerprint density at radius 1 is 0.300 bits per heavy atom. The molecule has 0 saturated carbocycles. The van der Waals surface area contributed by atoms with Gasteiger partial charge in [-0.15, -0.1) is 0 Å². The summed E-state index contributed by atoms with van der Waals surface area (Å²) in [4.78, 5) is 28.5. The average molecular weight is 520 g/mol. The van der Waals surface area contributed by atoms with Crippen LogP contribution in [0.1, 0.15) is 0 Å². The molecule has 0 amide bonds. The molecule has 7 heteroatoms. The molecule has 8 rings (SSSR count). The van der Waals surface area contributed by atoms with Crippen molar-refractivity contribution >= 4 is 43.7 Å². The highest BCUT2D eigenvalue weighted by atomic mass is 14.8. The van der Waals surface area contributed by atoms with Crippen molar-refractivity contribution in [3.05, 3.63) is 153 Å². The second kappa shape index (κ2) is 13.7. The van der Waals surface area contributed by atoms with Crippen LogP contribution in [0.5, 0.6) is 0 Å². The lowest BCUT2D eigenvalue weighted by atomic mass is 10.2. The molecule has 0 atom stereocenters. The summed E-state index contributed by atoms with van der Waals surface area (Å²) in [6.45, 7) is 0. The van der Waals surface area contributed by atoms with Gasteiger partial charge < -0.3 is 0 Å². The third-order valence-corrected chi connectivity index (χ3v) is 5.70. The summed E-state index contributed by atoms with van der Waals surface area (Å²) in [6.07, 6.45) is 16.0. The van der Waals surface area contributed by atoms with Crippen LogP contribution < -0.4 is 0 Å². The van der Waals surface area contributed by atoms with Crippen LogP contribution >= 0.6 is 0 Å². The van der Waals surface area contributed by atoms with E-state index >= 15 is 0 Å². The van der Waals surface area contributed by atoms with E-state index in [0.29, 0.717) is 0 Å². The van der Waals surface area contributed by atoms with Gasteiger partial charge in [-0.3, -0.25) is 24.9 Å². The number of hydrogen-bond donors (Lipinski definition) is 0. The van der Waals surface area contributed by atoms with Crippen molar-refractivity contribution in [1.82, 2.24) is 34.9 Å². The smallest absolute Gasteiger partial charge is 0.159 e. The third kappa shape index (κ3) is 7.20. The fourth-order valence-electron chi connectivity index (χ4n) is 3.75. The summed E-state index contributed by atoms with van der Waals surface area (Å²) >= 11 is 0. The van der Waals surface area contributed by atoms with E-state index in [4.69, 9.17) is 0 Å². The largest absolute Gasteiger partial charge is 0.264 e. The van der Waals surface area contributed by atoms with E-state index in [9.17, 15) is 0 Å². The second-order valence-corrected chi connectivity index (χ2v) is 8.39. The van der Waals surface area contributed by atoms with Crippen molar-refractivity contribution < 1.29 is 0 Å². The van der Waals surface area contributed by atoms with Crippen molar-refractivity contribution in [3.63, 3.8) is 0 Å². The number of aromatic nitrogens is 7. The summed E-state index contributed by atoms with van der Waals surface area (Å²) < 4.78 is 0. The van der Waals surface area contributed by atoms with Crippen molar-refractivity contribution in [3.8, 4) is 0 Å². The quantitative estimate of drug-likeness (QED) is 0.211. The Kier molecular flexibility index (Phi) is 8.91. The highest BCUT2D eigenvalue weighted by molar-refractivity contribution is 5.81. The zero-order valence-electron chi connectivity index (χ0n) is 21.6. The summed E-state index contributed by atoms with van der Waals surface area (Å²) in [7, 11) is 0. The minimum Gasteiger partial charge on any atom is -0.264 e. The van der Waals surface area contributed by atoms with Gasteiger partial charge >= 0.3 is 0 Å². The molecule has 0 N–H and O–H groups in total. The van der Waals surface area contributed by atoms with Gasteiger partial charge in [-0.2, -0.15) is 0 Å². The molecule has 0 radical (unpaired) electrons. The Balaban J connectivity index is 0.000000108. The topological polar surface area (TPSA) is 90.2 Å². The molecule has 7 aromatic heterocycles. The number of hydrogen-bond acceptors (Lipinski definition) is 7. The summed E-state index contributed by atoms with van der Waals surface area (Å²) in [5.41, 5.74) is 3.66. The molecule has 0 bridgehead atoms. The molecule has 40 heavy (non-hydrogen) atoms. The molecule has 0 aliphatic heterocycles. The average Bonchev–Trinajstić information content (AvgIpc) is 3.06. The maximum absolute atomic E-state index is 4.12. The highest BCUT2D eigenvalue weighted by Gasteiger charge is 1.90.